The molecule has 2 atom stereocenters. The lowest BCUT2D eigenvalue weighted by Crippen LogP contribution is -2.51. The minimum absolute atomic E-state index is 0.151. The molecule has 9 heteroatoms. The van der Waals surface area contributed by atoms with Gasteiger partial charge in [-0.05, 0) is 66.6 Å². The van der Waals surface area contributed by atoms with Crippen LogP contribution in [0, 0.1) is 11.3 Å². The van der Waals surface area contributed by atoms with Crippen LogP contribution < -0.4 is 9.47 Å². The van der Waals surface area contributed by atoms with Gasteiger partial charge in [-0.15, -0.1) is 0 Å². The Bertz CT molecular complexity index is 1330. The normalized spacial score (nSPS) is 15.2. The number of benzene rings is 3. The lowest BCUT2D eigenvalue weighted by Gasteiger charge is -2.44. The van der Waals surface area contributed by atoms with E-state index < -0.39 is 13.8 Å². The second-order valence-electron chi connectivity index (χ2n) is 11.7. The predicted molar refractivity (Wildman–Crippen MR) is 186 cm³/mol. The zero-order valence-corrected chi connectivity index (χ0v) is 29.0. The molecule has 0 aliphatic carbocycles. The standard InChI is InChI=1S/C38H49N2O6P/c1-42-34-22-18-32(19-23-34)38(31-15-9-8-10-16-31,33-20-24-35(43-2)25-21-33)36-17-13-27-40(36)37(41)44-28-11-6-4-5-7-12-29-45-47(3)46-30-14-26-39/h8-10,15-16,18-25,36H,4-7,11-14,17,27-30H2,1-3H3/t36-,47?/m0/s1. The molecule has 1 heterocycles. The van der Waals surface area contributed by atoms with Crippen LogP contribution in [0.4, 0.5) is 4.79 Å². The van der Waals surface area contributed by atoms with Crippen LogP contribution in [0.3, 0.4) is 0 Å². The summed E-state index contributed by atoms with van der Waals surface area (Å²) in [5.41, 5.74) is 2.66. The molecule has 0 N–H and O–H groups in total. The molecule has 3 aromatic rings. The molecule has 1 amide bonds. The molecule has 1 fully saturated rings. The van der Waals surface area contributed by atoms with Crippen LogP contribution >= 0.6 is 8.38 Å². The van der Waals surface area contributed by atoms with Gasteiger partial charge in [-0.2, -0.15) is 5.26 Å². The number of carbonyl (C=O) groups is 1. The van der Waals surface area contributed by atoms with Crippen LogP contribution in [0.1, 0.15) is 74.5 Å². The summed E-state index contributed by atoms with van der Waals surface area (Å²) in [5.74, 6) is 1.57. The van der Waals surface area contributed by atoms with Crippen LogP contribution in [0.5, 0.6) is 11.5 Å². The number of methoxy groups -OCH3 is 2. The van der Waals surface area contributed by atoms with Crippen molar-refractivity contribution in [1.29, 1.82) is 5.26 Å². The number of nitriles is 1. The minimum Gasteiger partial charge on any atom is -0.497 e. The number of hydrogen-bond donors (Lipinski definition) is 0. The lowest BCUT2D eigenvalue weighted by atomic mass is 9.64. The lowest BCUT2D eigenvalue weighted by molar-refractivity contribution is 0.0882. The summed E-state index contributed by atoms with van der Waals surface area (Å²) in [6, 6.07) is 28.9. The third-order valence-corrected chi connectivity index (χ3v) is 9.92. The second kappa shape index (κ2) is 19.3. The molecule has 47 heavy (non-hydrogen) atoms. The SMILES string of the molecule is COc1ccc(C(c2ccccc2)(c2ccc(OC)cc2)[C@@H]2CCCN2C(=O)OCCCCCCCCOP(C)OCCC#N)cc1. The van der Waals surface area contributed by atoms with E-state index in [2.05, 4.69) is 54.6 Å². The third kappa shape index (κ3) is 9.70. The number of unbranched alkanes of at least 4 members (excludes halogenated alkanes) is 5. The van der Waals surface area contributed by atoms with E-state index in [1.807, 2.05) is 41.9 Å². The first-order valence-electron chi connectivity index (χ1n) is 16.7. The Hall–Kier alpha value is -3.63. The molecule has 1 saturated heterocycles. The maximum absolute atomic E-state index is 13.8. The van der Waals surface area contributed by atoms with Crippen molar-refractivity contribution in [2.75, 3.05) is 47.2 Å². The molecule has 0 aromatic heterocycles. The van der Waals surface area contributed by atoms with Crippen molar-refractivity contribution >= 4 is 14.5 Å². The van der Waals surface area contributed by atoms with Crippen molar-refractivity contribution in [3.63, 3.8) is 0 Å². The van der Waals surface area contributed by atoms with Crippen molar-refractivity contribution in [3.8, 4) is 17.6 Å². The molecule has 0 bridgehead atoms. The predicted octanol–water partition coefficient (Wildman–Crippen LogP) is 8.87. The average Bonchev–Trinajstić information content (AvgIpc) is 3.61. The Labute approximate surface area is 281 Å². The highest BCUT2D eigenvalue weighted by Gasteiger charge is 2.50. The van der Waals surface area contributed by atoms with Crippen LogP contribution in [-0.4, -0.2) is 64.3 Å². The van der Waals surface area contributed by atoms with Crippen molar-refractivity contribution in [2.45, 2.75) is 69.2 Å². The first-order valence-corrected chi connectivity index (χ1v) is 18.3. The first-order chi connectivity index (χ1) is 23.0. The minimum atomic E-state index is -0.904. The van der Waals surface area contributed by atoms with E-state index in [-0.39, 0.29) is 12.1 Å². The van der Waals surface area contributed by atoms with Crippen LogP contribution in [0.2, 0.25) is 0 Å². The number of rotatable bonds is 19. The zero-order chi connectivity index (χ0) is 33.3. The Kier molecular flexibility index (Phi) is 14.8. The number of ether oxygens (including phenoxy) is 3. The van der Waals surface area contributed by atoms with Gasteiger partial charge in [-0.3, -0.25) is 0 Å². The van der Waals surface area contributed by atoms with Crippen LogP contribution in [-0.2, 0) is 19.2 Å². The van der Waals surface area contributed by atoms with Gasteiger partial charge in [0.25, 0.3) is 0 Å². The topological polar surface area (TPSA) is 90.2 Å². The van der Waals surface area contributed by atoms with Gasteiger partial charge in [0.05, 0.1) is 58.0 Å². The molecular weight excluding hydrogens is 611 g/mol. The van der Waals surface area contributed by atoms with E-state index in [0.29, 0.717) is 32.8 Å². The van der Waals surface area contributed by atoms with Gasteiger partial charge in [0.1, 0.15) is 11.5 Å². The second-order valence-corrected chi connectivity index (χ2v) is 13.1. The number of likely N-dealkylation sites (tertiary alicyclic amines) is 1. The molecule has 1 aliphatic heterocycles. The zero-order valence-electron chi connectivity index (χ0n) is 28.1. The van der Waals surface area contributed by atoms with Crippen molar-refractivity contribution in [3.05, 3.63) is 95.6 Å². The number of amides is 1. The van der Waals surface area contributed by atoms with Crippen LogP contribution in [0.25, 0.3) is 0 Å². The Morgan fingerprint density at radius 3 is 1.89 bits per heavy atom. The Morgan fingerprint density at radius 2 is 1.32 bits per heavy atom. The fourth-order valence-corrected chi connectivity index (χ4v) is 7.33. The summed E-state index contributed by atoms with van der Waals surface area (Å²) in [6.07, 6.45) is 8.04. The van der Waals surface area contributed by atoms with E-state index >= 15 is 0 Å². The van der Waals surface area contributed by atoms with Crippen molar-refractivity contribution < 1.29 is 28.1 Å². The van der Waals surface area contributed by atoms with Gasteiger partial charge < -0.3 is 28.2 Å². The highest BCUT2D eigenvalue weighted by atomic mass is 31.2. The van der Waals surface area contributed by atoms with Gasteiger partial charge >= 0.3 is 6.09 Å². The smallest absolute Gasteiger partial charge is 0.410 e. The maximum Gasteiger partial charge on any atom is 0.410 e. The Balaban J connectivity index is 1.40. The third-order valence-electron chi connectivity index (χ3n) is 8.83. The van der Waals surface area contributed by atoms with Gasteiger partial charge in [0.2, 0.25) is 0 Å². The quantitative estimate of drug-likeness (QED) is 0.0721. The largest absolute Gasteiger partial charge is 0.497 e. The summed E-state index contributed by atoms with van der Waals surface area (Å²) < 4.78 is 28.2. The molecule has 1 aliphatic rings. The average molecular weight is 661 g/mol. The van der Waals surface area contributed by atoms with Gasteiger partial charge in [-0.25, -0.2) is 4.79 Å². The highest BCUT2D eigenvalue weighted by Crippen LogP contribution is 2.48. The van der Waals surface area contributed by atoms with Crippen molar-refractivity contribution in [1.82, 2.24) is 4.90 Å². The summed E-state index contributed by atoms with van der Waals surface area (Å²) >= 11 is 0. The van der Waals surface area contributed by atoms with Crippen LogP contribution in [0.15, 0.2) is 78.9 Å². The molecule has 0 saturated carbocycles. The fourth-order valence-electron chi connectivity index (χ4n) is 6.53. The van der Waals surface area contributed by atoms with E-state index in [4.69, 9.17) is 28.5 Å². The molecule has 0 spiro atoms. The van der Waals surface area contributed by atoms with E-state index in [9.17, 15) is 4.79 Å². The Morgan fingerprint density at radius 1 is 0.787 bits per heavy atom. The van der Waals surface area contributed by atoms with E-state index in [1.54, 1.807) is 14.2 Å². The molecule has 3 aromatic carbocycles. The first kappa shape index (κ1) is 36.2. The van der Waals surface area contributed by atoms with E-state index in [0.717, 1.165) is 79.6 Å². The number of carbonyl (C=O) groups excluding carboxylic acids is 1. The molecule has 4 rings (SSSR count). The number of hydrogen-bond acceptors (Lipinski definition) is 7. The molecular formula is C38H49N2O6P. The van der Waals surface area contributed by atoms with E-state index in [1.165, 1.54) is 0 Å². The molecule has 1 unspecified atom stereocenters. The molecule has 8 nitrogen and oxygen atoms in total. The summed E-state index contributed by atoms with van der Waals surface area (Å²) in [7, 11) is 2.44. The summed E-state index contributed by atoms with van der Waals surface area (Å²) in [6.45, 7) is 4.10. The number of nitrogens with zero attached hydrogens (tertiary/aromatic N) is 2. The van der Waals surface area contributed by atoms with Gasteiger partial charge in [0.15, 0.2) is 8.38 Å². The fraction of sp³-hybridized carbons (Fsp3) is 0.474. The van der Waals surface area contributed by atoms with Crippen molar-refractivity contribution in [2.24, 2.45) is 0 Å². The molecule has 252 valence electrons. The highest BCUT2D eigenvalue weighted by molar-refractivity contribution is 7.46. The maximum atomic E-state index is 13.8. The molecule has 0 radical (unpaired) electrons. The van der Waals surface area contributed by atoms with Gasteiger partial charge in [0, 0.05) is 13.2 Å². The van der Waals surface area contributed by atoms with Gasteiger partial charge in [-0.1, -0.05) is 80.3 Å². The summed E-state index contributed by atoms with van der Waals surface area (Å²) in [5, 5.41) is 8.59. The monoisotopic (exact) mass is 660 g/mol. The summed E-state index contributed by atoms with van der Waals surface area (Å²) in [4.78, 5) is 15.7.